The highest BCUT2D eigenvalue weighted by atomic mass is 79.9. The molecule has 1 aromatic carbocycles. The number of aryl methyl sites for hydroxylation is 1. The molecule has 0 fully saturated rings. The van der Waals surface area contributed by atoms with Crippen molar-refractivity contribution < 1.29 is 9.09 Å². The quantitative estimate of drug-likeness (QED) is 0.770. The Morgan fingerprint density at radius 1 is 1.45 bits per heavy atom. The molecule has 5 nitrogen and oxygen atoms in total. The molecule has 2 aromatic rings. The lowest BCUT2D eigenvalue weighted by molar-refractivity contribution is 0.335. The van der Waals surface area contributed by atoms with E-state index in [0.717, 1.165) is 9.86 Å². The fourth-order valence-electron chi connectivity index (χ4n) is 1.93. The number of aromatic nitrogens is 2. The normalized spacial score (nSPS) is 14.3. The molecular formula is C13H16BrN2O3P. The molecule has 0 bridgehead atoms. The van der Waals surface area contributed by atoms with Crippen molar-refractivity contribution in [2.75, 3.05) is 19.4 Å². The Morgan fingerprint density at radius 2 is 2.20 bits per heavy atom. The van der Waals surface area contributed by atoms with E-state index in [1.54, 1.807) is 25.9 Å². The number of rotatable bonds is 5. The Kier molecular flexibility index (Phi) is 4.78. The second-order valence-corrected chi connectivity index (χ2v) is 8.21. The molecule has 1 aromatic heterocycles. The molecule has 1 heterocycles. The number of hydrogen-bond acceptors (Lipinski definition) is 4. The van der Waals surface area contributed by atoms with E-state index in [0.29, 0.717) is 24.7 Å². The maximum atomic E-state index is 12.3. The maximum Gasteiger partial charge on any atom is 0.274 e. The SMILES string of the molecule is CCOP(C)(=O)CCn1ncc2cc(Br)ccc2c1=O. The second-order valence-electron chi connectivity index (χ2n) is 4.56. The van der Waals surface area contributed by atoms with Crippen LogP contribution in [-0.4, -0.2) is 29.2 Å². The van der Waals surface area contributed by atoms with Crippen molar-refractivity contribution in [3.05, 3.63) is 39.2 Å². The van der Waals surface area contributed by atoms with Crippen molar-refractivity contribution in [1.29, 1.82) is 0 Å². The predicted molar refractivity (Wildman–Crippen MR) is 83.7 cm³/mol. The minimum Gasteiger partial charge on any atom is -0.329 e. The van der Waals surface area contributed by atoms with Gasteiger partial charge in [-0.15, -0.1) is 0 Å². The third kappa shape index (κ3) is 3.57. The van der Waals surface area contributed by atoms with Crippen LogP contribution in [0, 0.1) is 0 Å². The molecule has 1 unspecified atom stereocenters. The summed E-state index contributed by atoms with van der Waals surface area (Å²) < 4.78 is 19.5. The predicted octanol–water partition coefficient (Wildman–Crippen LogP) is 3.10. The van der Waals surface area contributed by atoms with Crippen LogP contribution in [0.5, 0.6) is 0 Å². The molecule has 0 aliphatic rings. The number of fused-ring (bicyclic) bond motifs is 1. The average Bonchev–Trinajstić information content (AvgIpc) is 2.37. The molecule has 1 atom stereocenters. The third-order valence-corrected chi connectivity index (χ3v) is 5.24. The molecule has 0 radical (unpaired) electrons. The van der Waals surface area contributed by atoms with E-state index in [4.69, 9.17) is 4.52 Å². The summed E-state index contributed by atoms with van der Waals surface area (Å²) in [4.78, 5) is 12.3. The maximum absolute atomic E-state index is 12.3. The van der Waals surface area contributed by atoms with Crippen LogP contribution in [0.3, 0.4) is 0 Å². The number of hydrogen-bond donors (Lipinski definition) is 0. The van der Waals surface area contributed by atoms with Gasteiger partial charge in [0.2, 0.25) is 7.37 Å². The van der Waals surface area contributed by atoms with Crippen LogP contribution in [-0.2, 0) is 15.6 Å². The molecule has 0 saturated heterocycles. The Morgan fingerprint density at radius 3 is 2.90 bits per heavy atom. The zero-order chi connectivity index (χ0) is 14.8. The summed E-state index contributed by atoms with van der Waals surface area (Å²) in [5.41, 5.74) is -0.175. The van der Waals surface area contributed by atoms with Gasteiger partial charge in [-0.05, 0) is 25.1 Å². The van der Waals surface area contributed by atoms with Gasteiger partial charge in [-0.25, -0.2) is 4.68 Å². The van der Waals surface area contributed by atoms with Crippen LogP contribution in [0.2, 0.25) is 0 Å². The van der Waals surface area contributed by atoms with E-state index in [9.17, 15) is 9.36 Å². The summed E-state index contributed by atoms with van der Waals surface area (Å²) in [6.45, 7) is 4.08. The van der Waals surface area contributed by atoms with Gasteiger partial charge in [-0.3, -0.25) is 9.36 Å². The molecule has 7 heteroatoms. The highest BCUT2D eigenvalue weighted by Crippen LogP contribution is 2.41. The Labute approximate surface area is 125 Å². The average molecular weight is 359 g/mol. The smallest absolute Gasteiger partial charge is 0.274 e. The van der Waals surface area contributed by atoms with Crippen LogP contribution in [0.25, 0.3) is 10.8 Å². The number of benzene rings is 1. The lowest BCUT2D eigenvalue weighted by Crippen LogP contribution is -2.24. The first-order valence-corrected chi connectivity index (χ1v) is 9.34. The van der Waals surface area contributed by atoms with Crippen molar-refractivity contribution in [3.63, 3.8) is 0 Å². The van der Waals surface area contributed by atoms with Gasteiger partial charge in [0, 0.05) is 22.7 Å². The molecule has 0 N–H and O–H groups in total. The lowest BCUT2D eigenvalue weighted by Gasteiger charge is -2.13. The van der Waals surface area contributed by atoms with Gasteiger partial charge in [-0.1, -0.05) is 15.9 Å². The molecule has 0 saturated carbocycles. The van der Waals surface area contributed by atoms with Gasteiger partial charge >= 0.3 is 0 Å². The largest absolute Gasteiger partial charge is 0.329 e. The van der Waals surface area contributed by atoms with Crippen LogP contribution in [0.15, 0.2) is 33.7 Å². The fraction of sp³-hybridized carbons (Fsp3) is 0.385. The van der Waals surface area contributed by atoms with Crippen molar-refractivity contribution in [2.45, 2.75) is 13.5 Å². The van der Waals surface area contributed by atoms with E-state index in [1.165, 1.54) is 4.68 Å². The lowest BCUT2D eigenvalue weighted by atomic mass is 10.2. The first-order chi connectivity index (χ1) is 9.43. The van der Waals surface area contributed by atoms with Gasteiger partial charge in [0.25, 0.3) is 5.56 Å². The van der Waals surface area contributed by atoms with Gasteiger partial charge in [0.05, 0.1) is 24.7 Å². The summed E-state index contributed by atoms with van der Waals surface area (Å²) >= 11 is 3.36. The topological polar surface area (TPSA) is 61.2 Å². The molecule has 0 aliphatic carbocycles. The summed E-state index contributed by atoms with van der Waals surface area (Å²) in [6, 6.07) is 5.42. The molecule has 0 amide bonds. The molecule has 0 aliphatic heterocycles. The van der Waals surface area contributed by atoms with E-state index in [-0.39, 0.29) is 5.56 Å². The minimum atomic E-state index is -2.65. The summed E-state index contributed by atoms with van der Waals surface area (Å²) in [5, 5.41) is 5.50. The molecule has 108 valence electrons. The van der Waals surface area contributed by atoms with Crippen molar-refractivity contribution in [2.24, 2.45) is 0 Å². The fourth-order valence-corrected chi connectivity index (χ4v) is 3.54. The highest BCUT2D eigenvalue weighted by Gasteiger charge is 2.16. The number of halogens is 1. The van der Waals surface area contributed by atoms with Gasteiger partial charge in [-0.2, -0.15) is 5.10 Å². The second kappa shape index (κ2) is 6.20. The van der Waals surface area contributed by atoms with Crippen molar-refractivity contribution >= 4 is 34.1 Å². The Hall–Kier alpha value is -0.970. The summed E-state index contributed by atoms with van der Waals surface area (Å²) in [5.74, 6) is 0. The van der Waals surface area contributed by atoms with Gasteiger partial charge in [0.15, 0.2) is 0 Å². The van der Waals surface area contributed by atoms with Gasteiger partial charge < -0.3 is 4.52 Å². The summed E-state index contributed by atoms with van der Waals surface area (Å²) in [7, 11) is -2.65. The standard InChI is InChI=1S/C13H16BrN2O3P/c1-3-19-20(2,18)7-6-16-13(17)12-5-4-11(14)8-10(12)9-15-16/h4-5,8-9H,3,6-7H2,1-2H3. The highest BCUT2D eigenvalue weighted by molar-refractivity contribution is 9.10. The Bertz CT molecular complexity index is 729. The van der Waals surface area contributed by atoms with Crippen LogP contribution >= 0.6 is 23.3 Å². The van der Waals surface area contributed by atoms with E-state index < -0.39 is 7.37 Å². The zero-order valence-corrected chi connectivity index (χ0v) is 13.9. The monoisotopic (exact) mass is 358 g/mol. The van der Waals surface area contributed by atoms with Crippen molar-refractivity contribution in [3.8, 4) is 0 Å². The number of nitrogens with zero attached hydrogens (tertiary/aromatic N) is 2. The van der Waals surface area contributed by atoms with Crippen LogP contribution in [0.4, 0.5) is 0 Å². The van der Waals surface area contributed by atoms with Crippen LogP contribution in [0.1, 0.15) is 6.92 Å². The molecule has 2 rings (SSSR count). The van der Waals surface area contributed by atoms with E-state index >= 15 is 0 Å². The zero-order valence-electron chi connectivity index (χ0n) is 11.4. The van der Waals surface area contributed by atoms with Crippen LogP contribution < -0.4 is 5.56 Å². The first kappa shape index (κ1) is 15.4. The van der Waals surface area contributed by atoms with Crippen molar-refractivity contribution in [1.82, 2.24) is 9.78 Å². The Balaban J connectivity index is 2.28. The van der Waals surface area contributed by atoms with E-state index in [1.807, 2.05) is 12.1 Å². The third-order valence-electron chi connectivity index (χ3n) is 2.93. The first-order valence-electron chi connectivity index (χ1n) is 6.29. The molecular weight excluding hydrogens is 343 g/mol. The molecule has 0 spiro atoms. The summed E-state index contributed by atoms with van der Waals surface area (Å²) in [6.07, 6.45) is 1.94. The van der Waals surface area contributed by atoms with Gasteiger partial charge in [0.1, 0.15) is 0 Å². The minimum absolute atomic E-state index is 0.175. The molecule has 20 heavy (non-hydrogen) atoms. The van der Waals surface area contributed by atoms with E-state index in [2.05, 4.69) is 21.0 Å².